The Morgan fingerprint density at radius 2 is 2.25 bits per heavy atom. The SMILES string of the molecule is CCOC(=O)C1CCCCN1C(=O)c1sc(N)nc1C. The Balaban J connectivity index is 2.21. The van der Waals surface area contributed by atoms with Gasteiger partial charge in [0.05, 0.1) is 12.3 Å². The van der Waals surface area contributed by atoms with E-state index in [-0.39, 0.29) is 11.9 Å². The summed E-state index contributed by atoms with van der Waals surface area (Å²) >= 11 is 1.17. The molecular formula is C13H19N3O3S. The van der Waals surface area contributed by atoms with Crippen molar-refractivity contribution in [2.24, 2.45) is 0 Å². The molecule has 1 atom stereocenters. The van der Waals surface area contributed by atoms with Gasteiger partial charge in [0.1, 0.15) is 10.9 Å². The fraction of sp³-hybridized carbons (Fsp3) is 0.615. The maximum absolute atomic E-state index is 12.6. The van der Waals surface area contributed by atoms with E-state index in [0.717, 1.165) is 12.8 Å². The molecule has 0 aromatic carbocycles. The number of amides is 1. The van der Waals surface area contributed by atoms with Gasteiger partial charge in [-0.2, -0.15) is 0 Å². The minimum atomic E-state index is -0.487. The number of rotatable bonds is 3. The maximum Gasteiger partial charge on any atom is 0.328 e. The van der Waals surface area contributed by atoms with Crippen molar-refractivity contribution in [3.05, 3.63) is 10.6 Å². The zero-order valence-electron chi connectivity index (χ0n) is 11.7. The summed E-state index contributed by atoms with van der Waals surface area (Å²) in [5.74, 6) is -0.495. The number of anilines is 1. The Labute approximate surface area is 121 Å². The van der Waals surface area contributed by atoms with Gasteiger partial charge in [0.15, 0.2) is 5.13 Å². The fourth-order valence-corrected chi connectivity index (χ4v) is 3.19. The topological polar surface area (TPSA) is 85.5 Å². The van der Waals surface area contributed by atoms with E-state index in [1.807, 2.05) is 0 Å². The smallest absolute Gasteiger partial charge is 0.328 e. The number of hydrogen-bond acceptors (Lipinski definition) is 6. The molecule has 1 aromatic heterocycles. The van der Waals surface area contributed by atoms with Crippen molar-refractivity contribution in [1.29, 1.82) is 0 Å². The molecule has 0 aliphatic carbocycles. The molecule has 0 saturated carbocycles. The van der Waals surface area contributed by atoms with Crippen molar-refractivity contribution >= 4 is 28.3 Å². The predicted octanol–water partition coefficient (Wildman–Crippen LogP) is 1.59. The molecule has 1 fully saturated rings. The van der Waals surface area contributed by atoms with E-state index >= 15 is 0 Å². The number of esters is 1. The molecule has 2 N–H and O–H groups in total. The molecule has 2 rings (SSSR count). The summed E-state index contributed by atoms with van der Waals surface area (Å²) in [6.45, 7) is 4.41. The highest BCUT2D eigenvalue weighted by Gasteiger charge is 2.34. The minimum Gasteiger partial charge on any atom is -0.464 e. The number of aromatic nitrogens is 1. The third-order valence-corrected chi connectivity index (χ3v) is 4.30. The number of nitrogens with zero attached hydrogens (tertiary/aromatic N) is 2. The molecule has 1 aliphatic rings. The number of carbonyl (C=O) groups excluding carboxylic acids is 2. The molecule has 1 saturated heterocycles. The van der Waals surface area contributed by atoms with Crippen LogP contribution in [0.4, 0.5) is 5.13 Å². The van der Waals surface area contributed by atoms with E-state index in [4.69, 9.17) is 10.5 Å². The van der Waals surface area contributed by atoms with Crippen molar-refractivity contribution in [2.75, 3.05) is 18.9 Å². The van der Waals surface area contributed by atoms with Crippen LogP contribution in [0.3, 0.4) is 0 Å². The van der Waals surface area contributed by atoms with Crippen LogP contribution in [0.25, 0.3) is 0 Å². The molecule has 1 amide bonds. The lowest BCUT2D eigenvalue weighted by molar-refractivity contribution is -0.149. The van der Waals surface area contributed by atoms with Crippen LogP contribution in [-0.2, 0) is 9.53 Å². The molecule has 6 nitrogen and oxygen atoms in total. The van der Waals surface area contributed by atoms with Crippen molar-refractivity contribution in [1.82, 2.24) is 9.88 Å². The van der Waals surface area contributed by atoms with E-state index < -0.39 is 6.04 Å². The normalized spacial score (nSPS) is 18.9. The Hall–Kier alpha value is -1.63. The van der Waals surface area contributed by atoms with Gasteiger partial charge in [0.2, 0.25) is 0 Å². The van der Waals surface area contributed by atoms with E-state index in [2.05, 4.69) is 4.98 Å². The fourth-order valence-electron chi connectivity index (χ4n) is 2.40. The average Bonchev–Trinajstić information content (AvgIpc) is 2.77. The first-order valence-electron chi connectivity index (χ1n) is 6.75. The molecular weight excluding hydrogens is 278 g/mol. The van der Waals surface area contributed by atoms with Crippen LogP contribution in [-0.4, -0.2) is 41.0 Å². The van der Waals surface area contributed by atoms with Crippen LogP contribution in [0.5, 0.6) is 0 Å². The number of nitrogen functional groups attached to an aromatic ring is 1. The first kappa shape index (κ1) is 14.8. The molecule has 20 heavy (non-hydrogen) atoms. The number of hydrogen-bond donors (Lipinski definition) is 1. The minimum absolute atomic E-state index is 0.172. The van der Waals surface area contributed by atoms with Crippen LogP contribution in [0.2, 0.25) is 0 Å². The number of nitrogens with two attached hydrogens (primary N) is 1. The predicted molar refractivity (Wildman–Crippen MR) is 76.6 cm³/mol. The molecule has 1 aliphatic heterocycles. The van der Waals surface area contributed by atoms with E-state index in [0.29, 0.717) is 35.3 Å². The Bertz CT molecular complexity index is 515. The highest BCUT2D eigenvalue weighted by molar-refractivity contribution is 7.17. The number of ether oxygens (including phenoxy) is 1. The third kappa shape index (κ3) is 2.92. The third-order valence-electron chi connectivity index (χ3n) is 3.33. The molecule has 110 valence electrons. The van der Waals surface area contributed by atoms with Gasteiger partial charge in [-0.1, -0.05) is 11.3 Å². The van der Waals surface area contributed by atoms with Crippen LogP contribution in [0.1, 0.15) is 41.6 Å². The van der Waals surface area contributed by atoms with Crippen LogP contribution < -0.4 is 5.73 Å². The number of carbonyl (C=O) groups is 2. The summed E-state index contributed by atoms with van der Waals surface area (Å²) < 4.78 is 5.06. The van der Waals surface area contributed by atoms with Crippen LogP contribution in [0, 0.1) is 6.92 Å². The van der Waals surface area contributed by atoms with Crippen molar-refractivity contribution in [3.63, 3.8) is 0 Å². The summed E-state index contributed by atoms with van der Waals surface area (Å²) in [6.07, 6.45) is 2.48. The highest BCUT2D eigenvalue weighted by atomic mass is 32.1. The molecule has 0 radical (unpaired) electrons. The molecule has 1 aromatic rings. The van der Waals surface area contributed by atoms with Gasteiger partial charge in [0, 0.05) is 6.54 Å². The van der Waals surface area contributed by atoms with Gasteiger partial charge < -0.3 is 15.4 Å². The number of likely N-dealkylation sites (tertiary alicyclic amines) is 1. The molecule has 0 bridgehead atoms. The van der Waals surface area contributed by atoms with E-state index in [1.165, 1.54) is 11.3 Å². The Morgan fingerprint density at radius 3 is 2.85 bits per heavy atom. The van der Waals surface area contributed by atoms with E-state index in [1.54, 1.807) is 18.7 Å². The zero-order chi connectivity index (χ0) is 14.7. The van der Waals surface area contributed by atoms with Gasteiger partial charge in [-0.25, -0.2) is 9.78 Å². The summed E-state index contributed by atoms with van der Waals surface area (Å²) in [5.41, 5.74) is 6.25. The van der Waals surface area contributed by atoms with Crippen molar-refractivity contribution < 1.29 is 14.3 Å². The quantitative estimate of drug-likeness (QED) is 0.856. The lowest BCUT2D eigenvalue weighted by Crippen LogP contribution is -2.48. The van der Waals surface area contributed by atoms with Gasteiger partial charge >= 0.3 is 5.97 Å². The van der Waals surface area contributed by atoms with E-state index in [9.17, 15) is 9.59 Å². The van der Waals surface area contributed by atoms with Crippen molar-refractivity contribution in [2.45, 2.75) is 39.2 Å². The summed E-state index contributed by atoms with van der Waals surface area (Å²) in [6, 6.07) is -0.487. The maximum atomic E-state index is 12.6. The first-order valence-corrected chi connectivity index (χ1v) is 7.56. The zero-order valence-corrected chi connectivity index (χ0v) is 12.5. The lowest BCUT2D eigenvalue weighted by atomic mass is 10.0. The number of aryl methyl sites for hydroxylation is 1. The second-order valence-corrected chi connectivity index (χ2v) is 5.76. The summed E-state index contributed by atoms with van der Waals surface area (Å²) in [7, 11) is 0. The first-order chi connectivity index (χ1) is 9.54. The van der Waals surface area contributed by atoms with Gasteiger partial charge in [0.25, 0.3) is 5.91 Å². The molecule has 7 heteroatoms. The van der Waals surface area contributed by atoms with Gasteiger partial charge in [-0.3, -0.25) is 4.79 Å². The second kappa shape index (κ2) is 6.21. The number of piperidine rings is 1. The standard InChI is InChI=1S/C13H19N3O3S/c1-3-19-12(18)9-6-4-5-7-16(9)11(17)10-8(2)15-13(14)20-10/h9H,3-7H2,1-2H3,(H2,14,15). The molecule has 2 heterocycles. The Morgan fingerprint density at radius 1 is 1.50 bits per heavy atom. The largest absolute Gasteiger partial charge is 0.464 e. The van der Waals surface area contributed by atoms with Gasteiger partial charge in [-0.15, -0.1) is 0 Å². The van der Waals surface area contributed by atoms with Crippen LogP contribution >= 0.6 is 11.3 Å². The highest BCUT2D eigenvalue weighted by Crippen LogP contribution is 2.26. The Kier molecular flexibility index (Phi) is 4.59. The summed E-state index contributed by atoms with van der Waals surface area (Å²) in [4.78, 5) is 30.7. The van der Waals surface area contributed by atoms with Crippen LogP contribution in [0.15, 0.2) is 0 Å². The average molecular weight is 297 g/mol. The monoisotopic (exact) mass is 297 g/mol. The molecule has 0 spiro atoms. The second-order valence-electron chi connectivity index (χ2n) is 4.73. The van der Waals surface area contributed by atoms with Crippen molar-refractivity contribution in [3.8, 4) is 0 Å². The van der Waals surface area contributed by atoms with Gasteiger partial charge in [-0.05, 0) is 33.1 Å². The summed E-state index contributed by atoms with van der Waals surface area (Å²) in [5, 5.41) is 0.371. The lowest BCUT2D eigenvalue weighted by Gasteiger charge is -2.33. The molecule has 1 unspecified atom stereocenters. The number of thiazole rings is 1.